The van der Waals surface area contributed by atoms with Gasteiger partial charge < -0.3 is 4.42 Å². The molecular weight excluding hydrogens is 408 g/mol. The van der Waals surface area contributed by atoms with Gasteiger partial charge in [-0.05, 0) is 47.2 Å². The number of sulfone groups is 1. The van der Waals surface area contributed by atoms with Crippen molar-refractivity contribution in [2.45, 2.75) is 42.9 Å². The van der Waals surface area contributed by atoms with E-state index in [9.17, 15) is 13.2 Å². The maximum Gasteiger partial charge on any atom is 0.356 e. The van der Waals surface area contributed by atoms with E-state index in [0.29, 0.717) is 22.1 Å². The van der Waals surface area contributed by atoms with Crippen LogP contribution in [-0.2, 0) is 15.3 Å². The monoisotopic (exact) mass is 432 g/mol. The van der Waals surface area contributed by atoms with Crippen LogP contribution >= 0.6 is 0 Å². The van der Waals surface area contributed by atoms with Gasteiger partial charge in [0.25, 0.3) is 0 Å². The van der Waals surface area contributed by atoms with Crippen molar-refractivity contribution >= 4 is 20.8 Å². The highest BCUT2D eigenvalue weighted by molar-refractivity contribution is 7.91. The number of rotatable bonds is 3. The maximum atomic E-state index is 13.7. The van der Waals surface area contributed by atoms with E-state index in [-0.39, 0.29) is 15.2 Å². The molecule has 0 N–H and O–H groups in total. The molecule has 0 atom stereocenters. The van der Waals surface area contributed by atoms with Gasteiger partial charge in [-0.2, -0.15) is 0 Å². The lowest BCUT2D eigenvalue weighted by Crippen LogP contribution is -2.17. The fourth-order valence-electron chi connectivity index (χ4n) is 3.68. The molecule has 0 saturated carbocycles. The second-order valence-corrected chi connectivity index (χ2v) is 10.6. The Hall–Kier alpha value is -3.18. The molecule has 0 aliphatic carbocycles. The molecule has 0 aliphatic heterocycles. The normalized spacial score (nSPS) is 12.3. The van der Waals surface area contributed by atoms with Gasteiger partial charge >= 0.3 is 5.63 Å². The predicted octanol–water partition coefficient (Wildman–Crippen LogP) is 5.90. The number of hydrogen-bond donors (Lipinski definition) is 0. The molecule has 0 amide bonds. The van der Waals surface area contributed by atoms with Crippen LogP contribution in [0.5, 0.6) is 0 Å². The van der Waals surface area contributed by atoms with Gasteiger partial charge in [0.05, 0.1) is 4.90 Å². The van der Waals surface area contributed by atoms with E-state index in [4.69, 9.17) is 4.42 Å². The molecule has 3 aromatic carbocycles. The van der Waals surface area contributed by atoms with Crippen molar-refractivity contribution < 1.29 is 12.8 Å². The minimum absolute atomic E-state index is 0.0662. The van der Waals surface area contributed by atoms with Crippen LogP contribution < -0.4 is 5.63 Å². The van der Waals surface area contributed by atoms with Gasteiger partial charge in [-0.25, -0.2) is 13.2 Å². The largest absolute Gasteiger partial charge is 0.422 e. The van der Waals surface area contributed by atoms with Crippen molar-refractivity contribution in [1.82, 2.24) is 0 Å². The molecule has 0 unspecified atom stereocenters. The van der Waals surface area contributed by atoms with Crippen LogP contribution in [0.3, 0.4) is 0 Å². The van der Waals surface area contributed by atoms with Crippen LogP contribution in [0.1, 0.15) is 31.9 Å². The van der Waals surface area contributed by atoms with Gasteiger partial charge in [0.1, 0.15) is 5.58 Å². The molecule has 0 radical (unpaired) electrons. The molecule has 4 nitrogen and oxygen atoms in total. The van der Waals surface area contributed by atoms with Crippen LogP contribution in [0.15, 0.2) is 91.8 Å². The highest BCUT2D eigenvalue weighted by Crippen LogP contribution is 2.36. The van der Waals surface area contributed by atoms with Crippen molar-refractivity contribution in [2.75, 3.05) is 0 Å². The Labute approximate surface area is 182 Å². The Balaban J connectivity index is 2.04. The van der Waals surface area contributed by atoms with Gasteiger partial charge in [0.15, 0.2) is 4.90 Å². The number of aryl methyl sites for hydroxylation is 1. The smallest absolute Gasteiger partial charge is 0.356 e. The lowest BCUT2D eigenvalue weighted by Gasteiger charge is -2.19. The highest BCUT2D eigenvalue weighted by atomic mass is 32.2. The van der Waals surface area contributed by atoms with E-state index in [1.807, 2.05) is 31.2 Å². The standard InChI is InChI=1S/C26H24O4S/c1-17-10-15-21-22(16-17)30-25(27)24(23(21)18-8-6-5-7-9-18)31(28,29)20-13-11-19(12-14-20)26(2,3)4/h5-16H,1-4H3. The Morgan fingerprint density at radius 3 is 2.10 bits per heavy atom. The molecule has 4 rings (SSSR count). The van der Waals surface area contributed by atoms with Gasteiger partial charge in [-0.1, -0.05) is 75.4 Å². The second kappa shape index (κ2) is 7.50. The van der Waals surface area contributed by atoms with Crippen molar-refractivity contribution in [3.63, 3.8) is 0 Å². The Morgan fingerprint density at radius 2 is 1.48 bits per heavy atom. The second-order valence-electron chi connectivity index (χ2n) is 8.74. The lowest BCUT2D eigenvalue weighted by molar-refractivity contribution is 0.533. The SMILES string of the molecule is Cc1ccc2c(-c3ccccc3)c(S(=O)(=O)c3ccc(C(C)(C)C)cc3)c(=O)oc2c1. The molecule has 0 fully saturated rings. The van der Waals surface area contributed by atoms with E-state index in [1.54, 1.807) is 48.5 Å². The summed E-state index contributed by atoms with van der Waals surface area (Å²) in [6, 6.07) is 21.2. The Bertz CT molecular complexity index is 1420. The summed E-state index contributed by atoms with van der Waals surface area (Å²) in [4.78, 5) is 12.8. The highest BCUT2D eigenvalue weighted by Gasteiger charge is 2.29. The van der Waals surface area contributed by atoms with Crippen LogP contribution in [0.25, 0.3) is 22.1 Å². The van der Waals surface area contributed by atoms with E-state index in [1.165, 1.54) is 0 Å². The summed E-state index contributed by atoms with van der Waals surface area (Å²) in [5.74, 6) is 0. The molecule has 0 saturated heterocycles. The summed E-state index contributed by atoms with van der Waals surface area (Å²) in [5, 5.41) is 0.585. The Morgan fingerprint density at radius 1 is 0.839 bits per heavy atom. The zero-order valence-electron chi connectivity index (χ0n) is 18.0. The third-order valence-electron chi connectivity index (χ3n) is 5.38. The zero-order valence-corrected chi connectivity index (χ0v) is 18.8. The Kier molecular flexibility index (Phi) is 5.10. The number of fused-ring (bicyclic) bond motifs is 1. The molecule has 158 valence electrons. The van der Waals surface area contributed by atoms with Gasteiger partial charge in [0, 0.05) is 10.9 Å². The quantitative estimate of drug-likeness (QED) is 0.378. The summed E-state index contributed by atoms with van der Waals surface area (Å²) in [7, 11) is -4.12. The third-order valence-corrected chi connectivity index (χ3v) is 7.18. The zero-order chi connectivity index (χ0) is 22.4. The molecule has 0 bridgehead atoms. The molecule has 0 aliphatic rings. The van der Waals surface area contributed by atoms with Crippen LogP contribution in [0, 0.1) is 6.92 Å². The summed E-state index contributed by atoms with van der Waals surface area (Å²) in [6.07, 6.45) is 0. The molecule has 0 spiro atoms. The first-order valence-electron chi connectivity index (χ1n) is 10.1. The first-order valence-corrected chi connectivity index (χ1v) is 11.6. The number of hydrogen-bond acceptors (Lipinski definition) is 4. The molecule has 1 aromatic heterocycles. The van der Waals surface area contributed by atoms with Crippen LogP contribution in [0.2, 0.25) is 0 Å². The van der Waals surface area contributed by atoms with Gasteiger partial charge in [0.2, 0.25) is 9.84 Å². The van der Waals surface area contributed by atoms with E-state index in [0.717, 1.165) is 11.1 Å². The number of benzene rings is 3. The predicted molar refractivity (Wildman–Crippen MR) is 123 cm³/mol. The van der Waals surface area contributed by atoms with E-state index >= 15 is 0 Å². The topological polar surface area (TPSA) is 64.3 Å². The summed E-state index contributed by atoms with van der Waals surface area (Å²) in [6.45, 7) is 8.07. The van der Waals surface area contributed by atoms with Crippen molar-refractivity contribution in [3.8, 4) is 11.1 Å². The van der Waals surface area contributed by atoms with Crippen molar-refractivity contribution in [1.29, 1.82) is 0 Å². The van der Waals surface area contributed by atoms with Crippen LogP contribution in [0.4, 0.5) is 0 Å². The van der Waals surface area contributed by atoms with Gasteiger partial charge in [-0.15, -0.1) is 0 Å². The summed E-state index contributed by atoms with van der Waals surface area (Å²) in [5.41, 5.74) is 2.33. The maximum absolute atomic E-state index is 13.7. The molecular formula is C26H24O4S. The lowest BCUT2D eigenvalue weighted by atomic mass is 9.87. The van der Waals surface area contributed by atoms with E-state index < -0.39 is 15.5 Å². The molecule has 31 heavy (non-hydrogen) atoms. The van der Waals surface area contributed by atoms with Crippen LogP contribution in [-0.4, -0.2) is 8.42 Å². The fourth-order valence-corrected chi connectivity index (χ4v) is 5.17. The van der Waals surface area contributed by atoms with Gasteiger partial charge in [-0.3, -0.25) is 0 Å². The first-order chi connectivity index (χ1) is 14.6. The average Bonchev–Trinajstić information content (AvgIpc) is 2.72. The minimum atomic E-state index is -4.12. The van der Waals surface area contributed by atoms with Crippen molar-refractivity contribution in [2.24, 2.45) is 0 Å². The molecule has 5 heteroatoms. The first kappa shape index (κ1) is 21.1. The third kappa shape index (κ3) is 3.81. The molecule has 1 heterocycles. The average molecular weight is 433 g/mol. The summed E-state index contributed by atoms with van der Waals surface area (Å²) < 4.78 is 32.8. The van der Waals surface area contributed by atoms with Crippen molar-refractivity contribution in [3.05, 3.63) is 94.3 Å². The summed E-state index contributed by atoms with van der Waals surface area (Å²) >= 11 is 0. The van der Waals surface area contributed by atoms with E-state index in [2.05, 4.69) is 20.8 Å². The fraction of sp³-hybridized carbons (Fsp3) is 0.192. The molecule has 4 aromatic rings. The minimum Gasteiger partial charge on any atom is -0.422 e.